The third kappa shape index (κ3) is 4.02. The zero-order valence-corrected chi connectivity index (χ0v) is 13.8. The van der Waals surface area contributed by atoms with Gasteiger partial charge in [-0.15, -0.1) is 0 Å². The van der Waals surface area contributed by atoms with Crippen LogP contribution in [0.1, 0.15) is 11.4 Å². The van der Waals surface area contributed by atoms with Crippen LogP contribution in [0.2, 0.25) is 0 Å². The average molecular weight is 351 g/mol. The van der Waals surface area contributed by atoms with Crippen molar-refractivity contribution in [2.24, 2.45) is 0 Å². The van der Waals surface area contributed by atoms with Crippen molar-refractivity contribution in [1.29, 1.82) is 0 Å². The zero-order chi connectivity index (χ0) is 17.8. The number of halogens is 2. The smallest absolute Gasteiger partial charge is 0.248 e. The Labute approximate surface area is 143 Å². The summed E-state index contributed by atoms with van der Waals surface area (Å²) in [6, 6.07) is 3.36. The predicted molar refractivity (Wildman–Crippen MR) is 85.8 cm³/mol. The highest BCUT2D eigenvalue weighted by molar-refractivity contribution is 5.77. The molecule has 0 unspecified atom stereocenters. The molecule has 1 N–H and O–H groups in total. The van der Waals surface area contributed by atoms with Crippen molar-refractivity contribution in [3.8, 4) is 11.4 Å². The van der Waals surface area contributed by atoms with Gasteiger partial charge in [0, 0.05) is 26.1 Å². The summed E-state index contributed by atoms with van der Waals surface area (Å²) in [5, 5.41) is 0. The van der Waals surface area contributed by atoms with E-state index in [1.54, 1.807) is 12.0 Å². The SMILES string of the molecule is COCCOCC(=O)N1CCc2nc(-c3ccc(F)cc3F)[nH]c2C1. The number of hydrogen-bond acceptors (Lipinski definition) is 4. The highest BCUT2D eigenvalue weighted by Crippen LogP contribution is 2.25. The number of carbonyl (C=O) groups excluding carboxylic acids is 1. The summed E-state index contributed by atoms with van der Waals surface area (Å²) in [6.45, 7) is 1.67. The number of imidazole rings is 1. The second-order valence-electron chi connectivity index (χ2n) is 5.75. The molecular formula is C17H19F2N3O3. The van der Waals surface area contributed by atoms with Crippen LogP contribution in [-0.4, -0.2) is 54.3 Å². The number of aromatic amines is 1. The summed E-state index contributed by atoms with van der Waals surface area (Å²) < 4.78 is 37.1. The molecular weight excluding hydrogens is 332 g/mol. The minimum absolute atomic E-state index is 0.00766. The van der Waals surface area contributed by atoms with E-state index in [1.165, 1.54) is 12.1 Å². The minimum atomic E-state index is -0.675. The molecule has 0 radical (unpaired) electrons. The van der Waals surface area contributed by atoms with E-state index in [9.17, 15) is 13.6 Å². The van der Waals surface area contributed by atoms with Gasteiger partial charge >= 0.3 is 0 Å². The zero-order valence-electron chi connectivity index (χ0n) is 13.8. The van der Waals surface area contributed by atoms with Gasteiger partial charge in [-0.05, 0) is 12.1 Å². The van der Waals surface area contributed by atoms with Crippen molar-refractivity contribution in [3.63, 3.8) is 0 Å². The second kappa shape index (κ2) is 7.71. The number of aromatic nitrogens is 2. The molecule has 0 saturated carbocycles. The Morgan fingerprint density at radius 3 is 2.96 bits per heavy atom. The lowest BCUT2D eigenvalue weighted by Crippen LogP contribution is -2.38. The standard InChI is InChI=1S/C17H19F2N3O3/c1-24-6-7-25-10-16(23)22-5-4-14-15(9-22)21-17(20-14)12-3-2-11(18)8-13(12)19/h2-3,8H,4-7,9-10H2,1H3,(H,20,21). The van der Waals surface area contributed by atoms with Gasteiger partial charge in [-0.1, -0.05) is 0 Å². The Balaban J connectivity index is 1.68. The fourth-order valence-electron chi connectivity index (χ4n) is 2.71. The number of amides is 1. The minimum Gasteiger partial charge on any atom is -0.382 e. The molecule has 1 aliphatic heterocycles. The fourth-order valence-corrected chi connectivity index (χ4v) is 2.71. The van der Waals surface area contributed by atoms with Crippen molar-refractivity contribution < 1.29 is 23.0 Å². The van der Waals surface area contributed by atoms with Crippen molar-refractivity contribution in [2.45, 2.75) is 13.0 Å². The molecule has 1 aromatic carbocycles. The molecule has 0 fully saturated rings. The number of rotatable bonds is 6. The first kappa shape index (κ1) is 17.5. The third-order valence-electron chi connectivity index (χ3n) is 4.03. The molecule has 1 aromatic heterocycles. The number of benzene rings is 1. The first-order chi connectivity index (χ1) is 12.1. The van der Waals surface area contributed by atoms with Crippen LogP contribution >= 0.6 is 0 Å². The van der Waals surface area contributed by atoms with Gasteiger partial charge in [0.25, 0.3) is 0 Å². The van der Waals surface area contributed by atoms with Gasteiger partial charge in [-0.3, -0.25) is 4.79 Å². The Morgan fingerprint density at radius 1 is 1.36 bits per heavy atom. The largest absolute Gasteiger partial charge is 0.382 e. The van der Waals surface area contributed by atoms with Crippen LogP contribution in [0.5, 0.6) is 0 Å². The first-order valence-corrected chi connectivity index (χ1v) is 7.96. The molecule has 3 rings (SSSR count). The summed E-state index contributed by atoms with van der Waals surface area (Å²) in [5.74, 6) is -1.09. The van der Waals surface area contributed by atoms with E-state index in [-0.39, 0.29) is 18.1 Å². The van der Waals surface area contributed by atoms with Gasteiger partial charge in [-0.25, -0.2) is 13.8 Å². The fraction of sp³-hybridized carbons (Fsp3) is 0.412. The molecule has 1 amide bonds. The van der Waals surface area contributed by atoms with E-state index >= 15 is 0 Å². The lowest BCUT2D eigenvalue weighted by Gasteiger charge is -2.26. The van der Waals surface area contributed by atoms with E-state index in [1.807, 2.05) is 0 Å². The van der Waals surface area contributed by atoms with E-state index in [0.29, 0.717) is 38.5 Å². The number of carbonyl (C=O) groups is 1. The van der Waals surface area contributed by atoms with Gasteiger partial charge in [0.1, 0.15) is 24.1 Å². The summed E-state index contributed by atoms with van der Waals surface area (Å²) in [6.07, 6.45) is 0.568. The van der Waals surface area contributed by atoms with E-state index < -0.39 is 11.6 Å². The molecule has 6 nitrogen and oxygen atoms in total. The Kier molecular flexibility index (Phi) is 5.40. The molecule has 134 valence electrons. The van der Waals surface area contributed by atoms with E-state index in [0.717, 1.165) is 17.5 Å². The van der Waals surface area contributed by atoms with Crippen molar-refractivity contribution in [3.05, 3.63) is 41.2 Å². The molecule has 2 heterocycles. The Bertz CT molecular complexity index is 764. The molecule has 0 saturated heterocycles. The maximum Gasteiger partial charge on any atom is 0.248 e. The average Bonchev–Trinajstić information content (AvgIpc) is 3.01. The molecule has 0 aliphatic carbocycles. The highest BCUT2D eigenvalue weighted by Gasteiger charge is 2.24. The van der Waals surface area contributed by atoms with Crippen LogP contribution in [0.15, 0.2) is 18.2 Å². The number of nitrogens with zero attached hydrogens (tertiary/aromatic N) is 2. The van der Waals surface area contributed by atoms with Gasteiger partial charge in [0.2, 0.25) is 5.91 Å². The maximum atomic E-state index is 13.9. The number of hydrogen-bond donors (Lipinski definition) is 1. The van der Waals surface area contributed by atoms with Crippen molar-refractivity contribution >= 4 is 5.91 Å². The molecule has 25 heavy (non-hydrogen) atoms. The predicted octanol–water partition coefficient (Wildman–Crippen LogP) is 1.90. The van der Waals surface area contributed by atoms with Gasteiger partial charge in [-0.2, -0.15) is 0 Å². The summed E-state index contributed by atoms with van der Waals surface area (Å²) >= 11 is 0. The van der Waals surface area contributed by atoms with Gasteiger partial charge in [0.05, 0.1) is 36.7 Å². The Morgan fingerprint density at radius 2 is 2.20 bits per heavy atom. The van der Waals surface area contributed by atoms with Crippen LogP contribution in [0.25, 0.3) is 11.4 Å². The Hall–Kier alpha value is -2.32. The molecule has 0 bridgehead atoms. The molecule has 1 aliphatic rings. The van der Waals surface area contributed by atoms with Crippen LogP contribution in [0.4, 0.5) is 8.78 Å². The number of ether oxygens (including phenoxy) is 2. The monoisotopic (exact) mass is 351 g/mol. The van der Waals surface area contributed by atoms with E-state index in [2.05, 4.69) is 9.97 Å². The number of H-pyrrole nitrogens is 1. The lowest BCUT2D eigenvalue weighted by molar-refractivity contribution is -0.137. The summed E-state index contributed by atoms with van der Waals surface area (Å²) in [5.41, 5.74) is 1.76. The van der Waals surface area contributed by atoms with Crippen LogP contribution in [0.3, 0.4) is 0 Å². The molecule has 0 spiro atoms. The van der Waals surface area contributed by atoms with Crippen molar-refractivity contribution in [1.82, 2.24) is 14.9 Å². The van der Waals surface area contributed by atoms with Gasteiger partial charge < -0.3 is 19.4 Å². The molecule has 8 heteroatoms. The van der Waals surface area contributed by atoms with Crippen LogP contribution in [-0.2, 0) is 27.2 Å². The maximum absolute atomic E-state index is 13.9. The highest BCUT2D eigenvalue weighted by atomic mass is 19.1. The number of nitrogens with one attached hydrogen (secondary N) is 1. The van der Waals surface area contributed by atoms with Gasteiger partial charge in [0.15, 0.2) is 0 Å². The normalized spacial score (nSPS) is 13.8. The molecule has 2 aromatic rings. The summed E-state index contributed by atoms with van der Waals surface area (Å²) in [7, 11) is 1.57. The first-order valence-electron chi connectivity index (χ1n) is 7.96. The number of methoxy groups -OCH3 is 1. The van der Waals surface area contributed by atoms with Crippen molar-refractivity contribution in [2.75, 3.05) is 33.5 Å². The topological polar surface area (TPSA) is 67.5 Å². The summed E-state index contributed by atoms with van der Waals surface area (Å²) in [4.78, 5) is 21.3. The molecule has 0 atom stereocenters. The van der Waals surface area contributed by atoms with Crippen LogP contribution in [0, 0.1) is 11.6 Å². The third-order valence-corrected chi connectivity index (χ3v) is 4.03. The quantitative estimate of drug-likeness (QED) is 0.808. The lowest BCUT2D eigenvalue weighted by atomic mass is 10.1. The van der Waals surface area contributed by atoms with E-state index in [4.69, 9.17) is 9.47 Å². The second-order valence-corrected chi connectivity index (χ2v) is 5.75. The van der Waals surface area contributed by atoms with Crippen LogP contribution < -0.4 is 0 Å². The number of fused-ring (bicyclic) bond motifs is 1.